The SMILES string of the molecule is Cc1nnsc1C(=O)Oc1ccccc1-c1nc2ccccc2s1. The van der Waals surface area contributed by atoms with Crippen LogP contribution in [0.3, 0.4) is 0 Å². The number of carbonyl (C=O) groups is 1. The highest BCUT2D eigenvalue weighted by molar-refractivity contribution is 7.21. The number of nitrogens with zero attached hydrogens (tertiary/aromatic N) is 3. The Morgan fingerprint density at radius 3 is 2.67 bits per heavy atom. The Morgan fingerprint density at radius 1 is 1.08 bits per heavy atom. The number of aromatic nitrogens is 3. The maximum atomic E-state index is 12.3. The summed E-state index contributed by atoms with van der Waals surface area (Å²) in [5.74, 6) is 0.0328. The van der Waals surface area contributed by atoms with E-state index in [1.807, 2.05) is 42.5 Å². The maximum absolute atomic E-state index is 12.3. The molecule has 4 rings (SSSR count). The number of para-hydroxylation sites is 2. The van der Waals surface area contributed by atoms with E-state index in [0.29, 0.717) is 16.3 Å². The van der Waals surface area contributed by atoms with Crippen LogP contribution in [0.5, 0.6) is 5.75 Å². The van der Waals surface area contributed by atoms with Crippen molar-refractivity contribution >= 4 is 39.1 Å². The van der Waals surface area contributed by atoms with Crippen LogP contribution in [0.2, 0.25) is 0 Å². The number of ether oxygens (including phenoxy) is 1. The summed E-state index contributed by atoms with van der Waals surface area (Å²) in [6.07, 6.45) is 0. The predicted octanol–water partition coefficient (Wildman–Crippen LogP) is 4.34. The molecule has 0 aliphatic heterocycles. The van der Waals surface area contributed by atoms with Gasteiger partial charge in [-0.3, -0.25) is 0 Å². The molecule has 0 fully saturated rings. The monoisotopic (exact) mass is 353 g/mol. The van der Waals surface area contributed by atoms with Crippen molar-refractivity contribution in [1.82, 2.24) is 14.6 Å². The van der Waals surface area contributed by atoms with Gasteiger partial charge in [0.25, 0.3) is 0 Å². The Hall–Kier alpha value is -2.64. The zero-order valence-electron chi connectivity index (χ0n) is 12.6. The first-order chi connectivity index (χ1) is 11.7. The third-order valence-corrected chi connectivity index (χ3v) is 5.33. The highest BCUT2D eigenvalue weighted by Crippen LogP contribution is 2.36. The Kier molecular flexibility index (Phi) is 3.79. The summed E-state index contributed by atoms with van der Waals surface area (Å²) in [7, 11) is 0. The van der Waals surface area contributed by atoms with Crippen LogP contribution < -0.4 is 4.74 Å². The van der Waals surface area contributed by atoms with Gasteiger partial charge in [-0.25, -0.2) is 9.78 Å². The molecule has 2 aromatic heterocycles. The summed E-state index contributed by atoms with van der Waals surface area (Å²) in [5, 5.41) is 4.66. The molecule has 0 atom stereocenters. The van der Waals surface area contributed by atoms with E-state index in [4.69, 9.17) is 4.74 Å². The molecule has 0 aliphatic carbocycles. The minimum Gasteiger partial charge on any atom is -0.421 e. The zero-order valence-corrected chi connectivity index (χ0v) is 14.2. The number of aryl methyl sites for hydroxylation is 1. The molecule has 7 heteroatoms. The van der Waals surface area contributed by atoms with Crippen molar-refractivity contribution in [1.29, 1.82) is 0 Å². The number of hydrogen-bond acceptors (Lipinski definition) is 7. The van der Waals surface area contributed by atoms with Gasteiger partial charge in [-0.05, 0) is 42.7 Å². The second-order valence-corrected chi connectivity index (χ2v) is 6.84. The first-order valence-electron chi connectivity index (χ1n) is 7.18. The van der Waals surface area contributed by atoms with Crippen molar-refractivity contribution in [3.63, 3.8) is 0 Å². The molecule has 0 amide bonds. The third-order valence-electron chi connectivity index (χ3n) is 3.45. The summed E-state index contributed by atoms with van der Waals surface area (Å²) in [5.41, 5.74) is 2.30. The van der Waals surface area contributed by atoms with Crippen LogP contribution in [0, 0.1) is 6.92 Å². The van der Waals surface area contributed by atoms with Gasteiger partial charge >= 0.3 is 5.97 Å². The molecule has 0 bridgehead atoms. The van der Waals surface area contributed by atoms with E-state index in [2.05, 4.69) is 14.6 Å². The molecule has 118 valence electrons. The predicted molar refractivity (Wildman–Crippen MR) is 94.7 cm³/mol. The van der Waals surface area contributed by atoms with Gasteiger partial charge < -0.3 is 4.74 Å². The molecule has 0 spiro atoms. The molecule has 2 aromatic carbocycles. The number of benzene rings is 2. The second kappa shape index (κ2) is 6.10. The molecular formula is C17H11N3O2S2. The smallest absolute Gasteiger partial charge is 0.357 e. The van der Waals surface area contributed by atoms with Crippen molar-refractivity contribution in [2.45, 2.75) is 6.92 Å². The van der Waals surface area contributed by atoms with Gasteiger partial charge in [-0.2, -0.15) is 0 Å². The summed E-state index contributed by atoms with van der Waals surface area (Å²) in [6.45, 7) is 1.74. The van der Waals surface area contributed by atoms with E-state index in [1.165, 1.54) is 0 Å². The van der Waals surface area contributed by atoms with Crippen molar-refractivity contribution < 1.29 is 9.53 Å². The molecule has 0 aliphatic rings. The van der Waals surface area contributed by atoms with Crippen molar-refractivity contribution in [3.8, 4) is 16.3 Å². The van der Waals surface area contributed by atoms with Crippen LogP contribution in [-0.2, 0) is 0 Å². The van der Waals surface area contributed by atoms with Crippen LogP contribution in [0.4, 0.5) is 0 Å². The fourth-order valence-electron chi connectivity index (χ4n) is 2.28. The maximum Gasteiger partial charge on any atom is 0.357 e. The van der Waals surface area contributed by atoms with E-state index < -0.39 is 5.97 Å². The molecule has 0 radical (unpaired) electrons. The first kappa shape index (κ1) is 14.9. The van der Waals surface area contributed by atoms with Crippen LogP contribution in [0.25, 0.3) is 20.8 Å². The van der Waals surface area contributed by atoms with Gasteiger partial charge in [0.2, 0.25) is 0 Å². The summed E-state index contributed by atoms with van der Waals surface area (Å²) >= 11 is 2.60. The molecule has 0 saturated carbocycles. The fourth-order valence-corrected chi connectivity index (χ4v) is 3.81. The number of rotatable bonds is 3. The molecule has 24 heavy (non-hydrogen) atoms. The van der Waals surface area contributed by atoms with Crippen LogP contribution in [-0.4, -0.2) is 20.5 Å². The fraction of sp³-hybridized carbons (Fsp3) is 0.0588. The van der Waals surface area contributed by atoms with Gasteiger partial charge in [0.1, 0.15) is 10.8 Å². The lowest BCUT2D eigenvalue weighted by Gasteiger charge is -2.07. The molecule has 0 unspecified atom stereocenters. The third kappa shape index (κ3) is 2.68. The standard InChI is InChI=1S/C17H11N3O2S2/c1-10-15(24-20-19-10)17(21)22-13-8-4-2-6-11(13)16-18-12-7-3-5-9-14(12)23-16/h2-9H,1H3. The average Bonchev–Trinajstić information content (AvgIpc) is 3.21. The van der Waals surface area contributed by atoms with Crippen LogP contribution in [0.15, 0.2) is 48.5 Å². The Morgan fingerprint density at radius 2 is 1.88 bits per heavy atom. The molecule has 2 heterocycles. The van der Waals surface area contributed by atoms with Gasteiger partial charge in [0.15, 0.2) is 4.88 Å². The van der Waals surface area contributed by atoms with Crippen molar-refractivity contribution in [3.05, 3.63) is 59.1 Å². The molecule has 0 saturated heterocycles. The summed E-state index contributed by atoms with van der Waals surface area (Å²) < 4.78 is 10.4. The molecule has 0 N–H and O–H groups in total. The Labute approximate surface area is 145 Å². The minimum absolute atomic E-state index is 0.411. The number of fused-ring (bicyclic) bond motifs is 1. The van der Waals surface area contributed by atoms with E-state index in [-0.39, 0.29) is 0 Å². The second-order valence-electron chi connectivity index (χ2n) is 5.06. The lowest BCUT2D eigenvalue weighted by atomic mass is 10.2. The molecule has 4 aromatic rings. The van der Waals surface area contributed by atoms with Gasteiger partial charge in [-0.15, -0.1) is 16.4 Å². The largest absolute Gasteiger partial charge is 0.421 e. The quantitative estimate of drug-likeness (QED) is 0.405. The average molecular weight is 353 g/mol. The lowest BCUT2D eigenvalue weighted by Crippen LogP contribution is -2.08. The topological polar surface area (TPSA) is 65.0 Å². The number of carbonyl (C=O) groups excluding carboxylic acids is 1. The van der Waals surface area contributed by atoms with Crippen molar-refractivity contribution in [2.24, 2.45) is 0 Å². The number of esters is 1. The molecular weight excluding hydrogens is 342 g/mol. The zero-order chi connectivity index (χ0) is 16.5. The highest BCUT2D eigenvalue weighted by atomic mass is 32.1. The lowest BCUT2D eigenvalue weighted by molar-refractivity contribution is 0.0739. The van der Waals surface area contributed by atoms with Crippen LogP contribution in [0.1, 0.15) is 15.4 Å². The van der Waals surface area contributed by atoms with Gasteiger partial charge in [0, 0.05) is 0 Å². The van der Waals surface area contributed by atoms with Crippen molar-refractivity contribution in [2.75, 3.05) is 0 Å². The molecule has 5 nitrogen and oxygen atoms in total. The highest BCUT2D eigenvalue weighted by Gasteiger charge is 2.18. The van der Waals surface area contributed by atoms with E-state index in [0.717, 1.165) is 32.3 Å². The minimum atomic E-state index is -0.448. The van der Waals surface area contributed by atoms with E-state index >= 15 is 0 Å². The Bertz CT molecular complexity index is 1010. The van der Waals surface area contributed by atoms with Gasteiger partial charge in [-0.1, -0.05) is 28.8 Å². The van der Waals surface area contributed by atoms with Gasteiger partial charge in [0.05, 0.1) is 21.5 Å². The number of thiazole rings is 1. The summed E-state index contributed by atoms with van der Waals surface area (Å²) in [6, 6.07) is 15.3. The van der Waals surface area contributed by atoms with E-state index in [1.54, 1.807) is 24.3 Å². The van der Waals surface area contributed by atoms with E-state index in [9.17, 15) is 4.79 Å². The summed E-state index contributed by atoms with van der Waals surface area (Å²) in [4.78, 5) is 17.4. The van der Waals surface area contributed by atoms with Crippen LogP contribution >= 0.6 is 22.9 Å². The number of hydrogen-bond donors (Lipinski definition) is 0. The normalized spacial score (nSPS) is 10.9. The first-order valence-corrected chi connectivity index (χ1v) is 8.77. The Balaban J connectivity index is 1.73.